The fourth-order valence-corrected chi connectivity index (χ4v) is 4.00. The van der Waals surface area contributed by atoms with E-state index in [1.807, 2.05) is 6.92 Å². The van der Waals surface area contributed by atoms with Crippen LogP contribution in [0, 0.1) is 0 Å². The van der Waals surface area contributed by atoms with E-state index >= 15 is 0 Å². The second-order valence-corrected chi connectivity index (χ2v) is 8.58. The number of ether oxygens (including phenoxy) is 1. The van der Waals surface area contributed by atoms with Crippen molar-refractivity contribution in [3.63, 3.8) is 0 Å². The van der Waals surface area contributed by atoms with Crippen LogP contribution in [0.25, 0.3) is 6.08 Å². The molecule has 6 nitrogen and oxygen atoms in total. The van der Waals surface area contributed by atoms with Gasteiger partial charge in [-0.05, 0) is 48.9 Å². The molecule has 1 aliphatic heterocycles. The summed E-state index contributed by atoms with van der Waals surface area (Å²) in [7, 11) is -3.62. The number of unbranched alkanes of at least 4 members (excludes halogenated alkanes) is 1. The molecule has 2 aromatic carbocycles. The molecule has 0 spiro atoms. The van der Waals surface area contributed by atoms with Crippen LogP contribution in [0.4, 0.5) is 5.69 Å². The van der Waals surface area contributed by atoms with Crippen LogP contribution in [-0.2, 0) is 14.8 Å². The van der Waals surface area contributed by atoms with Gasteiger partial charge in [0.05, 0.1) is 10.5 Å². The molecule has 148 valence electrons. The summed E-state index contributed by atoms with van der Waals surface area (Å²) in [5.74, 6) is 0.298. The first-order valence-corrected chi connectivity index (χ1v) is 10.8. The molecule has 0 aliphatic carbocycles. The van der Waals surface area contributed by atoms with Crippen LogP contribution in [0.1, 0.15) is 25.3 Å². The van der Waals surface area contributed by atoms with Crippen molar-refractivity contribution >= 4 is 39.3 Å². The molecule has 2 aromatic rings. The van der Waals surface area contributed by atoms with Gasteiger partial charge in [0, 0.05) is 22.8 Å². The second kappa shape index (κ2) is 8.77. The monoisotopic (exact) mass is 420 g/mol. The summed E-state index contributed by atoms with van der Waals surface area (Å²) in [6.45, 7) is 2.49. The summed E-state index contributed by atoms with van der Waals surface area (Å²) >= 11 is 5.99. The van der Waals surface area contributed by atoms with Crippen molar-refractivity contribution < 1.29 is 17.9 Å². The zero-order valence-electron chi connectivity index (χ0n) is 15.4. The van der Waals surface area contributed by atoms with E-state index in [1.165, 1.54) is 12.1 Å². The van der Waals surface area contributed by atoms with Crippen molar-refractivity contribution in [2.45, 2.75) is 24.7 Å². The van der Waals surface area contributed by atoms with E-state index in [4.69, 9.17) is 16.3 Å². The molecular weight excluding hydrogens is 400 g/mol. The van der Waals surface area contributed by atoms with Crippen LogP contribution in [0.15, 0.2) is 52.9 Å². The molecule has 1 aliphatic rings. The highest BCUT2D eigenvalue weighted by atomic mass is 35.5. The normalized spacial score (nSPS) is 13.3. The fraction of sp³-hybridized carbons (Fsp3) is 0.250. The molecule has 0 unspecified atom stereocenters. The first kappa shape index (κ1) is 20.4. The quantitative estimate of drug-likeness (QED) is 0.666. The van der Waals surface area contributed by atoms with E-state index in [1.54, 1.807) is 36.4 Å². The highest BCUT2D eigenvalue weighted by Crippen LogP contribution is 2.29. The highest BCUT2D eigenvalue weighted by Gasteiger charge is 2.19. The van der Waals surface area contributed by atoms with E-state index in [-0.39, 0.29) is 17.4 Å². The number of carbonyl (C=O) groups excluding carboxylic acids is 1. The van der Waals surface area contributed by atoms with E-state index in [2.05, 4.69) is 10.0 Å². The Balaban J connectivity index is 1.75. The number of fused-ring (bicyclic) bond motifs is 1. The summed E-state index contributed by atoms with van der Waals surface area (Å²) in [5.41, 5.74) is 1.53. The van der Waals surface area contributed by atoms with Crippen molar-refractivity contribution in [1.29, 1.82) is 0 Å². The fourth-order valence-electron chi connectivity index (χ4n) is 2.70. The van der Waals surface area contributed by atoms with Crippen LogP contribution >= 0.6 is 11.6 Å². The maximum Gasteiger partial charge on any atom is 0.255 e. The van der Waals surface area contributed by atoms with Gasteiger partial charge in [-0.25, -0.2) is 13.1 Å². The summed E-state index contributed by atoms with van der Waals surface area (Å²) in [5, 5.41) is 3.27. The van der Waals surface area contributed by atoms with Crippen molar-refractivity contribution in [1.82, 2.24) is 4.72 Å². The Hall–Kier alpha value is -2.35. The number of benzene rings is 2. The van der Waals surface area contributed by atoms with E-state index in [0.717, 1.165) is 18.4 Å². The SMILES string of the molecule is CCCCNS(=O)(=O)c1cccc(NC(=O)C2=Cc3cc(Cl)ccc3OC2)c1. The number of nitrogens with one attached hydrogen (secondary N) is 2. The highest BCUT2D eigenvalue weighted by molar-refractivity contribution is 7.89. The van der Waals surface area contributed by atoms with Gasteiger partial charge >= 0.3 is 0 Å². The molecule has 8 heteroatoms. The lowest BCUT2D eigenvalue weighted by molar-refractivity contribution is -0.113. The number of hydrogen-bond donors (Lipinski definition) is 2. The Bertz CT molecular complexity index is 1020. The van der Waals surface area contributed by atoms with Gasteiger partial charge in [0.1, 0.15) is 12.4 Å². The molecule has 2 N–H and O–H groups in total. The van der Waals surface area contributed by atoms with Crippen molar-refractivity contribution in [2.75, 3.05) is 18.5 Å². The van der Waals surface area contributed by atoms with Crippen molar-refractivity contribution in [3.05, 3.63) is 58.6 Å². The molecule has 0 radical (unpaired) electrons. The smallest absolute Gasteiger partial charge is 0.255 e. The maximum absolute atomic E-state index is 12.6. The molecule has 0 atom stereocenters. The number of hydrogen-bond acceptors (Lipinski definition) is 4. The lowest BCUT2D eigenvalue weighted by atomic mass is 10.1. The Kier molecular flexibility index (Phi) is 6.39. The molecule has 1 heterocycles. The van der Waals surface area contributed by atoms with Gasteiger partial charge in [-0.15, -0.1) is 0 Å². The van der Waals surface area contributed by atoms with E-state index < -0.39 is 10.0 Å². The topological polar surface area (TPSA) is 84.5 Å². The molecular formula is C20H21ClN2O4S. The Morgan fingerprint density at radius 1 is 1.21 bits per heavy atom. The minimum absolute atomic E-state index is 0.104. The number of anilines is 1. The summed E-state index contributed by atoms with van der Waals surface area (Å²) in [6.07, 6.45) is 3.37. The lowest BCUT2D eigenvalue weighted by Gasteiger charge is -2.18. The van der Waals surface area contributed by atoms with Gasteiger partial charge in [-0.3, -0.25) is 4.79 Å². The van der Waals surface area contributed by atoms with Crippen LogP contribution < -0.4 is 14.8 Å². The molecule has 1 amide bonds. The maximum atomic E-state index is 12.6. The van der Waals surface area contributed by atoms with Gasteiger partial charge in [-0.1, -0.05) is 31.0 Å². The number of rotatable bonds is 7. The van der Waals surface area contributed by atoms with Crippen molar-refractivity contribution in [2.24, 2.45) is 0 Å². The van der Waals surface area contributed by atoms with Gasteiger partial charge < -0.3 is 10.1 Å². The molecule has 0 saturated carbocycles. The summed E-state index contributed by atoms with van der Waals surface area (Å²) < 4.78 is 32.8. The summed E-state index contributed by atoms with van der Waals surface area (Å²) in [4.78, 5) is 12.7. The van der Waals surface area contributed by atoms with Gasteiger partial charge in [-0.2, -0.15) is 0 Å². The van der Waals surface area contributed by atoms with Gasteiger partial charge in [0.25, 0.3) is 5.91 Å². The van der Waals surface area contributed by atoms with Crippen LogP contribution in [-0.4, -0.2) is 27.5 Å². The average Bonchev–Trinajstić information content (AvgIpc) is 2.67. The number of carbonyl (C=O) groups is 1. The molecule has 28 heavy (non-hydrogen) atoms. The molecule has 3 rings (SSSR count). The van der Waals surface area contributed by atoms with Gasteiger partial charge in [0.2, 0.25) is 10.0 Å². The number of halogens is 1. The average molecular weight is 421 g/mol. The zero-order chi connectivity index (χ0) is 20.1. The predicted molar refractivity (Wildman–Crippen MR) is 110 cm³/mol. The standard InChI is InChI=1S/C20H21ClN2O4S/c1-2-3-9-22-28(25,26)18-6-4-5-17(12-18)23-20(24)15-10-14-11-16(21)7-8-19(14)27-13-15/h4-8,10-12,22H,2-3,9,13H2,1H3,(H,23,24). The van der Waals surface area contributed by atoms with E-state index in [0.29, 0.717) is 28.6 Å². The minimum atomic E-state index is -3.62. The number of amides is 1. The predicted octanol–water partition coefficient (Wildman–Crippen LogP) is 3.83. The molecule has 0 aromatic heterocycles. The third-order valence-electron chi connectivity index (χ3n) is 4.20. The lowest BCUT2D eigenvalue weighted by Crippen LogP contribution is -2.25. The number of sulfonamides is 1. The molecule has 0 saturated heterocycles. The third kappa shape index (κ3) is 4.92. The van der Waals surface area contributed by atoms with Crippen LogP contribution in [0.5, 0.6) is 5.75 Å². The Labute approximate surface area is 169 Å². The first-order valence-electron chi connectivity index (χ1n) is 8.93. The van der Waals surface area contributed by atoms with Crippen LogP contribution in [0.2, 0.25) is 5.02 Å². The van der Waals surface area contributed by atoms with Gasteiger partial charge in [0.15, 0.2) is 0 Å². The Morgan fingerprint density at radius 3 is 2.82 bits per heavy atom. The summed E-state index contributed by atoms with van der Waals surface area (Å²) in [6, 6.07) is 11.3. The zero-order valence-corrected chi connectivity index (χ0v) is 16.9. The minimum Gasteiger partial charge on any atom is -0.488 e. The molecule has 0 bridgehead atoms. The van der Waals surface area contributed by atoms with E-state index in [9.17, 15) is 13.2 Å². The van der Waals surface area contributed by atoms with Crippen molar-refractivity contribution in [3.8, 4) is 5.75 Å². The largest absolute Gasteiger partial charge is 0.488 e. The first-order chi connectivity index (χ1) is 13.4. The second-order valence-electron chi connectivity index (χ2n) is 6.37. The van der Waals surface area contributed by atoms with Crippen LogP contribution in [0.3, 0.4) is 0 Å². The Morgan fingerprint density at radius 2 is 2.04 bits per heavy atom. The molecule has 0 fully saturated rings. The third-order valence-corrected chi connectivity index (χ3v) is 5.89.